The highest BCUT2D eigenvalue weighted by atomic mass is 16.5. The Kier molecular flexibility index (Phi) is 11.8. The zero-order valence-corrected chi connectivity index (χ0v) is 35.0. The largest absolute Gasteiger partial charge is 0.496 e. The zero-order chi connectivity index (χ0) is 41.4. The summed E-state index contributed by atoms with van der Waals surface area (Å²) in [5.74, 6) is 0.775. The number of aromatic nitrogens is 1. The molecule has 3 saturated heterocycles. The average molecular weight is 807 g/mol. The summed E-state index contributed by atoms with van der Waals surface area (Å²) in [5, 5.41) is 5.08. The molecule has 5 aliphatic heterocycles. The molecule has 0 aliphatic carbocycles. The van der Waals surface area contributed by atoms with Gasteiger partial charge in [0.05, 0.1) is 13.7 Å². The first kappa shape index (κ1) is 40.6. The smallest absolute Gasteiger partial charge is 0.317 e. The Bertz CT molecular complexity index is 2160. The number of carbonyl (C=O) groups excluding carboxylic acids is 4. The molecule has 5 aliphatic rings. The van der Waals surface area contributed by atoms with Gasteiger partial charge in [-0.15, -0.1) is 0 Å². The number of ether oxygens (including phenoxy) is 1. The van der Waals surface area contributed by atoms with Crippen LogP contribution in [-0.4, -0.2) is 120 Å². The molecule has 1 unspecified atom stereocenters. The van der Waals surface area contributed by atoms with Crippen LogP contribution in [0.4, 0.5) is 10.5 Å². The predicted molar refractivity (Wildman–Crippen MR) is 225 cm³/mol. The number of nitrogens with zero attached hydrogens (tertiary/aromatic N) is 6. The van der Waals surface area contributed by atoms with Crippen LogP contribution in [0.25, 0.3) is 11.1 Å². The van der Waals surface area contributed by atoms with Gasteiger partial charge in [-0.25, -0.2) is 4.79 Å². The van der Waals surface area contributed by atoms with Crippen molar-refractivity contribution in [2.24, 2.45) is 13.0 Å². The number of hydrogen-bond donors (Lipinski definition) is 2. The van der Waals surface area contributed by atoms with E-state index in [1.165, 1.54) is 17.5 Å². The van der Waals surface area contributed by atoms with Crippen molar-refractivity contribution in [1.29, 1.82) is 0 Å². The summed E-state index contributed by atoms with van der Waals surface area (Å²) in [7, 11) is 5.14. The second-order valence-corrected chi connectivity index (χ2v) is 16.9. The van der Waals surface area contributed by atoms with Gasteiger partial charge in [-0.2, -0.15) is 0 Å². The molecular formula is C45H58N8O6. The van der Waals surface area contributed by atoms with Crippen molar-refractivity contribution < 1.29 is 23.9 Å². The fourth-order valence-corrected chi connectivity index (χ4v) is 9.89. The fraction of sp³-hybridized carbons (Fsp3) is 0.533. The lowest BCUT2D eigenvalue weighted by atomic mass is 9.90. The van der Waals surface area contributed by atoms with E-state index in [2.05, 4.69) is 50.5 Å². The second-order valence-electron chi connectivity index (χ2n) is 16.9. The third-order valence-corrected chi connectivity index (χ3v) is 13.5. The van der Waals surface area contributed by atoms with Gasteiger partial charge in [0.1, 0.15) is 11.8 Å². The lowest BCUT2D eigenvalue weighted by Gasteiger charge is -2.37. The molecule has 0 radical (unpaired) electrons. The van der Waals surface area contributed by atoms with Crippen molar-refractivity contribution in [3.8, 4) is 16.9 Å². The summed E-state index contributed by atoms with van der Waals surface area (Å²) in [5.41, 5.74) is 8.86. The number of hydrogen-bond acceptors (Lipinski definition) is 9. The molecule has 3 fully saturated rings. The van der Waals surface area contributed by atoms with Crippen LogP contribution >= 0.6 is 0 Å². The maximum Gasteiger partial charge on any atom is 0.317 e. The molecular weight excluding hydrogens is 749 g/mol. The molecule has 0 spiro atoms. The zero-order valence-electron chi connectivity index (χ0n) is 35.0. The van der Waals surface area contributed by atoms with Gasteiger partial charge in [0.25, 0.3) is 11.5 Å². The van der Waals surface area contributed by atoms with Gasteiger partial charge in [0.15, 0.2) is 0 Å². The van der Waals surface area contributed by atoms with Crippen molar-refractivity contribution >= 4 is 29.4 Å². The number of imide groups is 1. The van der Waals surface area contributed by atoms with Crippen LogP contribution in [0.15, 0.2) is 41.3 Å². The minimum atomic E-state index is -0.594. The number of rotatable bonds is 10. The number of anilines is 1. The van der Waals surface area contributed by atoms with Crippen LogP contribution in [0.5, 0.6) is 5.75 Å². The van der Waals surface area contributed by atoms with E-state index in [0.29, 0.717) is 49.5 Å². The predicted octanol–water partition coefficient (Wildman–Crippen LogP) is 3.51. The average Bonchev–Trinajstić information content (AvgIpc) is 3.59. The molecule has 0 bridgehead atoms. The van der Waals surface area contributed by atoms with Crippen molar-refractivity contribution in [2.75, 3.05) is 71.4 Å². The first-order valence-electron chi connectivity index (χ1n) is 21.4. The summed E-state index contributed by atoms with van der Waals surface area (Å²) in [6, 6.07) is 9.77. The number of piperidine rings is 2. The van der Waals surface area contributed by atoms with Crippen LogP contribution in [0.1, 0.15) is 77.2 Å². The molecule has 0 saturated carbocycles. The van der Waals surface area contributed by atoms with Gasteiger partial charge < -0.3 is 34.2 Å². The molecule has 2 aromatic carbocycles. The summed E-state index contributed by atoms with van der Waals surface area (Å²) in [6.07, 6.45) is 7.49. The number of benzene rings is 2. The van der Waals surface area contributed by atoms with Crippen LogP contribution in [0, 0.1) is 5.92 Å². The highest BCUT2D eigenvalue weighted by Gasteiger charge is 2.39. The van der Waals surface area contributed by atoms with Crippen LogP contribution in [-0.2, 0) is 49.1 Å². The number of fused-ring (bicyclic) bond motifs is 2. The Hall–Kier alpha value is -5.21. The third kappa shape index (κ3) is 8.21. The Labute approximate surface area is 346 Å². The lowest BCUT2D eigenvalue weighted by Crippen LogP contribution is -2.52. The van der Waals surface area contributed by atoms with E-state index in [4.69, 9.17) is 4.74 Å². The van der Waals surface area contributed by atoms with Gasteiger partial charge in [0.2, 0.25) is 11.8 Å². The SMILES string of the molecule is CCc1cc(-c2cn(C)c(=O)c3c2CCN(C(=O)NC)C3)cc(OC)c1CN1CCN(CCC2CCN(c3ccc4c(c3)C(=O)N(C3CCC(=O)NC3=O)C4)CC2)CC1. The molecule has 14 heteroatoms. The summed E-state index contributed by atoms with van der Waals surface area (Å²) in [4.78, 5) is 74.0. The maximum absolute atomic E-state index is 13.4. The fourth-order valence-electron chi connectivity index (χ4n) is 9.89. The number of urea groups is 1. The van der Waals surface area contributed by atoms with E-state index >= 15 is 0 Å². The van der Waals surface area contributed by atoms with E-state index < -0.39 is 6.04 Å². The number of carbonyl (C=O) groups is 4. The Morgan fingerprint density at radius 2 is 1.64 bits per heavy atom. The molecule has 2 N–H and O–H groups in total. The van der Waals surface area contributed by atoms with E-state index in [0.717, 1.165) is 105 Å². The molecule has 314 valence electrons. The topological polar surface area (TPSA) is 140 Å². The van der Waals surface area contributed by atoms with Gasteiger partial charge in [0, 0.05) is 114 Å². The highest BCUT2D eigenvalue weighted by molar-refractivity contribution is 6.05. The van der Waals surface area contributed by atoms with Crippen LogP contribution in [0.2, 0.25) is 0 Å². The summed E-state index contributed by atoms with van der Waals surface area (Å²) in [6.45, 7) is 11.4. The second kappa shape index (κ2) is 17.2. The molecule has 5 amide bonds. The van der Waals surface area contributed by atoms with Crippen LogP contribution in [0.3, 0.4) is 0 Å². The maximum atomic E-state index is 13.4. The standard InChI is InChI=1S/C45H58N8O6/c1-5-30-22-32(36-26-48(3)43(56)38-28-52(45(58)46-2)17-13-34(36)38)23-40(59-4)37(30)27-50-20-18-49(19-21-50)14-10-29-11-15-51(16-12-29)33-7-6-31-25-53(44(57)35(31)24-33)39-8-9-41(54)47-42(39)55/h6-7,22-24,26,29,39H,5,8-21,25,27-28H2,1-4H3,(H,46,58)(H,47,54,55). The third-order valence-electron chi connectivity index (χ3n) is 13.5. The molecule has 59 heavy (non-hydrogen) atoms. The minimum Gasteiger partial charge on any atom is -0.496 e. The Balaban J connectivity index is 0.832. The Morgan fingerprint density at radius 1 is 0.881 bits per heavy atom. The number of methoxy groups -OCH3 is 1. The molecule has 1 atom stereocenters. The quantitative estimate of drug-likeness (QED) is 0.295. The number of nitrogens with one attached hydrogen (secondary N) is 2. The number of amides is 5. The first-order valence-corrected chi connectivity index (χ1v) is 21.4. The van der Waals surface area contributed by atoms with E-state index in [1.54, 1.807) is 35.6 Å². The van der Waals surface area contributed by atoms with Gasteiger partial charge in [-0.05, 0) is 91.4 Å². The molecule has 8 rings (SSSR count). The van der Waals surface area contributed by atoms with Gasteiger partial charge >= 0.3 is 6.03 Å². The normalized spacial score (nSPS) is 20.4. The van der Waals surface area contributed by atoms with Crippen molar-refractivity contribution in [3.05, 3.63) is 80.3 Å². The number of pyridine rings is 1. The molecule has 3 aromatic rings. The van der Waals surface area contributed by atoms with E-state index in [1.807, 2.05) is 18.3 Å². The van der Waals surface area contributed by atoms with Crippen molar-refractivity contribution in [2.45, 2.75) is 77.5 Å². The first-order chi connectivity index (χ1) is 28.5. The number of piperazine rings is 1. The highest BCUT2D eigenvalue weighted by Crippen LogP contribution is 2.36. The summed E-state index contributed by atoms with van der Waals surface area (Å²) >= 11 is 0. The van der Waals surface area contributed by atoms with Crippen molar-refractivity contribution in [3.63, 3.8) is 0 Å². The van der Waals surface area contributed by atoms with E-state index in [-0.39, 0.29) is 35.7 Å². The molecule has 14 nitrogen and oxygen atoms in total. The lowest BCUT2D eigenvalue weighted by molar-refractivity contribution is -0.136. The monoisotopic (exact) mass is 806 g/mol. The number of aryl methyl sites for hydroxylation is 2. The van der Waals surface area contributed by atoms with Crippen LogP contribution < -0.4 is 25.8 Å². The van der Waals surface area contributed by atoms with E-state index in [9.17, 15) is 24.0 Å². The van der Waals surface area contributed by atoms with Crippen molar-refractivity contribution in [1.82, 2.24) is 34.8 Å². The van der Waals surface area contributed by atoms with Gasteiger partial charge in [-0.1, -0.05) is 19.1 Å². The molecule has 6 heterocycles. The minimum absolute atomic E-state index is 0.0598. The molecule has 1 aromatic heterocycles. The van der Waals surface area contributed by atoms with Gasteiger partial charge in [-0.3, -0.25) is 29.4 Å². The summed E-state index contributed by atoms with van der Waals surface area (Å²) < 4.78 is 7.70. The Morgan fingerprint density at radius 3 is 2.36 bits per heavy atom.